The molecule has 0 aromatic carbocycles. The molecular formula is C6H24N8O2Ru+3. The molecule has 1 heterocycles. The zero-order valence-electron chi connectivity index (χ0n) is 10.7. The van der Waals surface area contributed by atoms with Crippen LogP contribution in [0.3, 0.4) is 0 Å². The van der Waals surface area contributed by atoms with Crippen LogP contribution in [0, 0.1) is 0 Å². The van der Waals surface area contributed by atoms with Crippen LogP contribution in [0.5, 0.6) is 0 Å². The number of carbonyl (C=O) groups is 1. The van der Waals surface area contributed by atoms with Crippen LogP contribution >= 0.6 is 0 Å². The molecule has 1 aromatic heterocycles. The van der Waals surface area contributed by atoms with Crippen molar-refractivity contribution in [1.29, 1.82) is 0 Å². The molecule has 1 aromatic rings. The minimum absolute atomic E-state index is 0. The number of H-pyrrole nitrogens is 1. The summed E-state index contributed by atoms with van der Waals surface area (Å²) in [6.45, 7) is 0. The number of imidazole rings is 1. The molecule has 0 aliphatic heterocycles. The third-order valence-corrected chi connectivity index (χ3v) is 1.30. The molecule has 1 atom stereocenters. The second kappa shape index (κ2) is 17.5. The number of nitrogens with zero attached hydrogens (tertiary/aromatic N) is 1. The maximum atomic E-state index is 10.2. The smallest absolute Gasteiger partial charge is 0.548 e. The van der Waals surface area contributed by atoms with Crippen LogP contribution in [0.1, 0.15) is 7.12 Å². The summed E-state index contributed by atoms with van der Waals surface area (Å²) in [5, 5.41) is 10.2. The van der Waals surface area contributed by atoms with Crippen molar-refractivity contribution in [3.05, 3.63) is 18.2 Å². The van der Waals surface area contributed by atoms with Crippen LogP contribution in [0.15, 0.2) is 12.5 Å². The third-order valence-electron chi connectivity index (χ3n) is 1.30. The number of carboxylic acids is 1. The Morgan fingerprint density at radius 3 is 2.18 bits per heavy atom. The van der Waals surface area contributed by atoms with Crippen molar-refractivity contribution in [2.75, 3.05) is 0 Å². The van der Waals surface area contributed by atoms with E-state index < -0.39 is 12.0 Å². The fourth-order valence-corrected chi connectivity index (χ4v) is 0.717. The molecule has 0 amide bonds. The Morgan fingerprint density at radius 1 is 1.41 bits per heavy atom. The molecule has 0 fully saturated rings. The Balaban J connectivity index is -0.0000000346. The Morgan fingerprint density at radius 2 is 1.88 bits per heavy atom. The quantitative estimate of drug-likeness (QED) is 0.329. The van der Waals surface area contributed by atoms with Gasteiger partial charge in [-0.3, -0.25) is 0 Å². The van der Waals surface area contributed by atoms with E-state index in [1.807, 2.05) is 0 Å². The fraction of sp³-hybridized carbons (Fsp3) is 0.333. The van der Waals surface area contributed by atoms with Crippen LogP contribution in [-0.2, 0) is 30.7 Å². The van der Waals surface area contributed by atoms with Crippen molar-refractivity contribution in [2.24, 2.45) is 5.73 Å². The molecule has 0 bridgehead atoms. The van der Waals surface area contributed by atoms with Crippen LogP contribution in [-0.4, -0.2) is 22.0 Å². The molecule has 0 saturated heterocycles. The summed E-state index contributed by atoms with van der Waals surface area (Å²) >= 11 is 0. The van der Waals surface area contributed by atoms with E-state index in [1.165, 1.54) is 12.5 Å². The summed E-state index contributed by atoms with van der Waals surface area (Å²) in [5.41, 5.74) is 5.89. The van der Waals surface area contributed by atoms with Gasteiger partial charge in [-0.15, -0.1) is 0 Å². The second-order valence-electron chi connectivity index (χ2n) is 2.21. The first-order valence-corrected chi connectivity index (χ1v) is 3.14. The third kappa shape index (κ3) is 13.0. The fourth-order valence-electron chi connectivity index (χ4n) is 0.717. The van der Waals surface area contributed by atoms with Crippen molar-refractivity contribution in [3.8, 4) is 0 Å². The van der Waals surface area contributed by atoms with Crippen LogP contribution in [0.25, 0.3) is 0 Å². The molecular weight excluding hydrogens is 317 g/mol. The first-order chi connectivity index (χ1) is 5.20. The van der Waals surface area contributed by atoms with E-state index in [1.54, 1.807) is 0 Å². The van der Waals surface area contributed by atoms with Gasteiger partial charge in [-0.05, 0) is 0 Å². The predicted octanol–water partition coefficient (Wildman–Crippen LogP) is -1.05. The van der Waals surface area contributed by atoms with E-state index in [0.717, 1.165) is 0 Å². The molecule has 18 N–H and O–H groups in total. The molecule has 10 nitrogen and oxygen atoms in total. The normalized spacial score (nSPS) is 8.29. The molecule has 17 heavy (non-hydrogen) atoms. The molecule has 0 spiro atoms. The summed E-state index contributed by atoms with van der Waals surface area (Å²) in [6, 6.07) is -0.963. The Hall–Kier alpha value is -0.937. The van der Waals surface area contributed by atoms with E-state index in [2.05, 4.69) is 9.97 Å². The van der Waals surface area contributed by atoms with Crippen molar-refractivity contribution in [1.82, 2.24) is 40.7 Å². The van der Waals surface area contributed by atoms with E-state index in [-0.39, 0.29) is 58.1 Å². The topological polar surface area (TPSA) is 270 Å². The summed E-state index contributed by atoms with van der Waals surface area (Å²) in [6.07, 6.45) is 3.22. The molecule has 1 radical (unpaired) electrons. The number of aromatic amines is 1. The molecule has 0 aliphatic rings. The minimum Gasteiger partial charge on any atom is -0.548 e. The standard InChI is InChI=1S/C6H9N3O2.5H3N.Ru/c7-5(6(10)11)1-4-2-8-3-9-4;;;;;;/h2-3,5H,1,7H2,(H,8,9)(H,10,11);5*1H3;/q;;;;;;+3. The number of rotatable bonds is 3. The van der Waals surface area contributed by atoms with Crippen molar-refractivity contribution in [2.45, 2.75) is 12.5 Å². The molecule has 105 valence electrons. The van der Waals surface area contributed by atoms with Gasteiger partial charge in [-0.25, -0.2) is 4.98 Å². The van der Waals surface area contributed by atoms with Crippen molar-refractivity contribution in [3.63, 3.8) is 0 Å². The Kier molecular flexibility index (Phi) is 37.0. The van der Waals surface area contributed by atoms with Gasteiger partial charge in [0, 0.05) is 24.4 Å². The van der Waals surface area contributed by atoms with Gasteiger partial charge in [-0.2, -0.15) is 0 Å². The summed E-state index contributed by atoms with van der Waals surface area (Å²) < 4.78 is 0. The number of aliphatic carboxylic acids is 1. The molecule has 0 saturated carbocycles. The summed E-state index contributed by atoms with van der Waals surface area (Å²) in [7, 11) is 0. The second-order valence-corrected chi connectivity index (χ2v) is 2.21. The molecule has 0 aliphatic carbocycles. The zero-order valence-corrected chi connectivity index (χ0v) is 11.4. The van der Waals surface area contributed by atoms with E-state index in [4.69, 9.17) is 5.73 Å². The van der Waals surface area contributed by atoms with Gasteiger partial charge in [0.2, 0.25) is 0 Å². The van der Waals surface area contributed by atoms with Crippen molar-refractivity contribution >= 4 is 5.97 Å². The number of hydrogen-bond acceptors (Lipinski definition) is 9. The maximum absolute atomic E-state index is 10.2. The number of hydrogen-bond donors (Lipinski definition) is 7. The zero-order chi connectivity index (χ0) is 8.27. The average molecular weight is 341 g/mol. The van der Waals surface area contributed by atoms with Gasteiger partial charge in [0.25, 0.3) is 0 Å². The van der Waals surface area contributed by atoms with Gasteiger partial charge < -0.3 is 51.4 Å². The van der Waals surface area contributed by atoms with E-state index in [0.29, 0.717) is 5.69 Å². The number of nitrogens with one attached hydrogen (secondary N) is 1. The van der Waals surface area contributed by atoms with Crippen LogP contribution in [0.2, 0.25) is 0 Å². The van der Waals surface area contributed by atoms with Gasteiger partial charge in [0.15, 0.2) is 0 Å². The minimum atomic E-state index is -1.25. The molecule has 11 heteroatoms. The summed E-state index contributed by atoms with van der Waals surface area (Å²) in [5.74, 6) is -1.25. The predicted molar refractivity (Wildman–Crippen MR) is 61.5 cm³/mol. The number of aromatic nitrogens is 2. The van der Waals surface area contributed by atoms with E-state index >= 15 is 0 Å². The van der Waals surface area contributed by atoms with E-state index in [9.17, 15) is 9.90 Å². The monoisotopic (exact) mass is 342 g/mol. The summed E-state index contributed by atoms with van der Waals surface area (Å²) in [4.78, 5) is 16.6. The molecule has 1 unspecified atom stereocenters. The SMILES string of the molecule is N.N.N.N.N.NC(Cc1cnc[nH]1)C(=O)[O-].[H+].[Ru+3]. The average Bonchev–Trinajstić information content (AvgIpc) is 2.39. The molecule has 1 rings (SSSR count). The van der Waals surface area contributed by atoms with Crippen LogP contribution < -0.4 is 41.6 Å². The Labute approximate surface area is 114 Å². The van der Waals surface area contributed by atoms with Gasteiger partial charge in [0.05, 0.1) is 12.3 Å². The van der Waals surface area contributed by atoms with Crippen molar-refractivity contribution < 1.29 is 30.8 Å². The number of nitrogens with two attached hydrogens (primary N) is 1. The maximum Gasteiger partial charge on any atom is 3.00 e. The van der Waals surface area contributed by atoms with Crippen LogP contribution in [0.4, 0.5) is 0 Å². The number of carboxylic acid groups (broad SMARTS) is 1. The Bertz CT molecular complexity index is 250. The first-order valence-electron chi connectivity index (χ1n) is 3.14. The largest absolute Gasteiger partial charge is 3.00 e. The van der Waals surface area contributed by atoms with Gasteiger partial charge in [-0.1, -0.05) is 0 Å². The first kappa shape index (κ1) is 36.0. The number of carbonyl (C=O) groups excluding carboxylic acids is 1. The van der Waals surface area contributed by atoms with Gasteiger partial charge in [0.1, 0.15) is 0 Å². The van der Waals surface area contributed by atoms with Gasteiger partial charge >= 0.3 is 20.9 Å².